The highest BCUT2D eigenvalue weighted by Gasteiger charge is 2.03. The normalized spacial score (nSPS) is 10.2. The van der Waals surface area contributed by atoms with E-state index < -0.39 is 0 Å². The van der Waals surface area contributed by atoms with Crippen molar-refractivity contribution in [3.05, 3.63) is 70.7 Å². The lowest BCUT2D eigenvalue weighted by Gasteiger charge is -2.05. The zero-order valence-electron chi connectivity index (χ0n) is 10.6. The molecule has 0 aliphatic rings. The summed E-state index contributed by atoms with van der Waals surface area (Å²) in [5.74, 6) is 0.0261. The molecule has 19 heavy (non-hydrogen) atoms. The Morgan fingerprint density at radius 1 is 1.00 bits per heavy atom. The minimum absolute atomic E-state index is 0.0261. The third-order valence-electron chi connectivity index (χ3n) is 2.83. The number of carbonyl (C=O) groups is 1. The van der Waals surface area contributed by atoms with E-state index in [0.29, 0.717) is 18.0 Å². The largest absolute Gasteiger partial charge is 0.355 e. The van der Waals surface area contributed by atoms with E-state index in [2.05, 4.69) is 17.4 Å². The first-order valence-electron chi connectivity index (χ1n) is 6.29. The lowest BCUT2D eigenvalue weighted by atomic mass is 10.1. The van der Waals surface area contributed by atoms with Gasteiger partial charge in [0, 0.05) is 11.6 Å². The molecule has 0 spiro atoms. The summed E-state index contributed by atoms with van der Waals surface area (Å²) in [4.78, 5) is 11.8. The molecule has 0 fully saturated rings. The summed E-state index contributed by atoms with van der Waals surface area (Å²) in [5, 5.41) is 3.58. The van der Waals surface area contributed by atoms with Crippen molar-refractivity contribution in [1.29, 1.82) is 0 Å². The molecule has 1 amide bonds. The average molecular weight is 274 g/mol. The number of rotatable bonds is 5. The van der Waals surface area contributed by atoms with E-state index in [4.69, 9.17) is 11.6 Å². The van der Waals surface area contributed by atoms with Crippen LogP contribution in [0.15, 0.2) is 54.6 Å². The molecule has 0 heterocycles. The van der Waals surface area contributed by atoms with E-state index in [1.165, 1.54) is 5.56 Å². The molecular weight excluding hydrogens is 258 g/mol. The SMILES string of the molecule is O=C(Cc1cccc(Cl)c1)NCCc1ccccc1. The molecule has 0 saturated carbocycles. The summed E-state index contributed by atoms with van der Waals surface area (Å²) in [6.07, 6.45) is 1.22. The van der Waals surface area contributed by atoms with Crippen LogP contribution in [0.3, 0.4) is 0 Å². The summed E-state index contributed by atoms with van der Waals surface area (Å²) < 4.78 is 0. The van der Waals surface area contributed by atoms with Crippen LogP contribution in [0.2, 0.25) is 5.02 Å². The van der Waals surface area contributed by atoms with Crippen molar-refractivity contribution in [3.63, 3.8) is 0 Å². The van der Waals surface area contributed by atoms with Gasteiger partial charge in [-0.15, -0.1) is 0 Å². The summed E-state index contributed by atoms with van der Waals surface area (Å²) in [6.45, 7) is 0.656. The first kappa shape index (κ1) is 13.6. The van der Waals surface area contributed by atoms with Crippen molar-refractivity contribution in [2.24, 2.45) is 0 Å². The summed E-state index contributed by atoms with van der Waals surface area (Å²) in [5.41, 5.74) is 2.16. The third-order valence-corrected chi connectivity index (χ3v) is 3.07. The van der Waals surface area contributed by atoms with Crippen molar-refractivity contribution >= 4 is 17.5 Å². The van der Waals surface area contributed by atoms with Crippen molar-refractivity contribution in [2.75, 3.05) is 6.54 Å². The smallest absolute Gasteiger partial charge is 0.224 e. The van der Waals surface area contributed by atoms with Gasteiger partial charge in [0.2, 0.25) is 5.91 Å². The van der Waals surface area contributed by atoms with Crippen LogP contribution < -0.4 is 5.32 Å². The van der Waals surface area contributed by atoms with Gasteiger partial charge >= 0.3 is 0 Å². The molecule has 0 aliphatic heterocycles. The van der Waals surface area contributed by atoms with Gasteiger partial charge in [-0.25, -0.2) is 0 Å². The number of hydrogen-bond donors (Lipinski definition) is 1. The second kappa shape index (κ2) is 6.95. The fraction of sp³-hybridized carbons (Fsp3) is 0.188. The number of carbonyl (C=O) groups excluding carboxylic acids is 1. The van der Waals surface area contributed by atoms with E-state index >= 15 is 0 Å². The van der Waals surface area contributed by atoms with Crippen LogP contribution in [0.5, 0.6) is 0 Å². The Morgan fingerprint density at radius 3 is 2.47 bits per heavy atom. The molecular formula is C16H16ClNO. The number of benzene rings is 2. The van der Waals surface area contributed by atoms with Gasteiger partial charge in [-0.05, 0) is 29.7 Å². The predicted molar refractivity (Wildman–Crippen MR) is 78.3 cm³/mol. The van der Waals surface area contributed by atoms with Gasteiger partial charge in [0.1, 0.15) is 0 Å². The van der Waals surface area contributed by atoms with Crippen LogP contribution in [0.25, 0.3) is 0 Å². The Labute approximate surface area is 118 Å². The summed E-state index contributed by atoms with van der Waals surface area (Å²) in [7, 11) is 0. The molecule has 1 N–H and O–H groups in total. The Balaban J connectivity index is 1.76. The van der Waals surface area contributed by atoms with Crippen LogP contribution in [0.1, 0.15) is 11.1 Å². The number of nitrogens with one attached hydrogen (secondary N) is 1. The van der Waals surface area contributed by atoms with Crippen LogP contribution >= 0.6 is 11.6 Å². The zero-order chi connectivity index (χ0) is 13.5. The van der Waals surface area contributed by atoms with Gasteiger partial charge < -0.3 is 5.32 Å². The Morgan fingerprint density at radius 2 is 1.74 bits per heavy atom. The summed E-state index contributed by atoms with van der Waals surface area (Å²) >= 11 is 5.88. The Kier molecular flexibility index (Phi) is 4.99. The topological polar surface area (TPSA) is 29.1 Å². The maximum Gasteiger partial charge on any atom is 0.224 e. The standard InChI is InChI=1S/C16H16ClNO/c17-15-8-4-7-14(11-15)12-16(19)18-10-9-13-5-2-1-3-6-13/h1-8,11H,9-10,12H2,(H,18,19). The highest BCUT2D eigenvalue weighted by molar-refractivity contribution is 6.30. The number of hydrogen-bond acceptors (Lipinski definition) is 1. The first-order chi connectivity index (χ1) is 9.24. The van der Waals surface area contributed by atoms with Crippen molar-refractivity contribution in [1.82, 2.24) is 5.32 Å². The number of halogens is 1. The second-order valence-corrected chi connectivity index (χ2v) is 4.83. The molecule has 98 valence electrons. The fourth-order valence-corrected chi connectivity index (χ4v) is 2.10. The minimum atomic E-state index is 0.0261. The van der Waals surface area contributed by atoms with Crippen LogP contribution in [-0.2, 0) is 17.6 Å². The lowest BCUT2D eigenvalue weighted by Crippen LogP contribution is -2.27. The van der Waals surface area contributed by atoms with Crippen molar-refractivity contribution < 1.29 is 4.79 Å². The maximum absolute atomic E-state index is 11.8. The minimum Gasteiger partial charge on any atom is -0.355 e. The molecule has 2 aromatic carbocycles. The molecule has 0 atom stereocenters. The molecule has 0 saturated heterocycles. The van der Waals surface area contributed by atoms with Gasteiger partial charge in [0.15, 0.2) is 0 Å². The van der Waals surface area contributed by atoms with Crippen LogP contribution in [-0.4, -0.2) is 12.5 Å². The molecule has 0 bridgehead atoms. The van der Waals surface area contributed by atoms with Gasteiger partial charge in [0.05, 0.1) is 6.42 Å². The van der Waals surface area contributed by atoms with E-state index in [1.54, 1.807) is 6.07 Å². The molecule has 2 aromatic rings. The number of amides is 1. The molecule has 2 rings (SSSR count). The third kappa shape index (κ3) is 4.76. The Bertz CT molecular complexity index is 539. The predicted octanol–water partition coefficient (Wildman–Crippen LogP) is 3.24. The molecule has 0 aromatic heterocycles. The van der Waals surface area contributed by atoms with Gasteiger partial charge in [-0.2, -0.15) is 0 Å². The van der Waals surface area contributed by atoms with E-state index in [-0.39, 0.29) is 5.91 Å². The van der Waals surface area contributed by atoms with Crippen LogP contribution in [0.4, 0.5) is 0 Å². The quantitative estimate of drug-likeness (QED) is 0.890. The highest BCUT2D eigenvalue weighted by Crippen LogP contribution is 2.10. The summed E-state index contributed by atoms with van der Waals surface area (Å²) in [6, 6.07) is 17.5. The molecule has 0 aliphatic carbocycles. The monoisotopic (exact) mass is 273 g/mol. The average Bonchev–Trinajstić information content (AvgIpc) is 2.40. The highest BCUT2D eigenvalue weighted by atomic mass is 35.5. The lowest BCUT2D eigenvalue weighted by molar-refractivity contribution is -0.120. The molecule has 2 nitrogen and oxygen atoms in total. The fourth-order valence-electron chi connectivity index (χ4n) is 1.89. The second-order valence-electron chi connectivity index (χ2n) is 4.39. The Hall–Kier alpha value is -1.80. The molecule has 3 heteroatoms. The molecule has 0 unspecified atom stereocenters. The zero-order valence-corrected chi connectivity index (χ0v) is 11.4. The molecule has 0 radical (unpaired) electrons. The van der Waals surface area contributed by atoms with E-state index in [1.807, 2.05) is 36.4 Å². The van der Waals surface area contributed by atoms with Gasteiger partial charge in [0.25, 0.3) is 0 Å². The van der Waals surface area contributed by atoms with Gasteiger partial charge in [-0.3, -0.25) is 4.79 Å². The van der Waals surface area contributed by atoms with Crippen LogP contribution in [0, 0.1) is 0 Å². The van der Waals surface area contributed by atoms with Crippen molar-refractivity contribution in [3.8, 4) is 0 Å². The van der Waals surface area contributed by atoms with Gasteiger partial charge in [-0.1, -0.05) is 54.1 Å². The maximum atomic E-state index is 11.8. The first-order valence-corrected chi connectivity index (χ1v) is 6.67. The van der Waals surface area contributed by atoms with Crippen molar-refractivity contribution in [2.45, 2.75) is 12.8 Å². The van der Waals surface area contributed by atoms with E-state index in [0.717, 1.165) is 12.0 Å². The van der Waals surface area contributed by atoms with E-state index in [9.17, 15) is 4.79 Å².